The molecule has 1 heterocycles. The quantitative estimate of drug-likeness (QED) is 0.506. The fourth-order valence-corrected chi connectivity index (χ4v) is 4.03. The largest absolute Gasteiger partial charge is 0.508 e. The zero-order valence-corrected chi connectivity index (χ0v) is 17.2. The smallest absolute Gasteiger partial charge is 0.326 e. The lowest BCUT2D eigenvalue weighted by molar-refractivity contribution is -0.149. The Morgan fingerprint density at radius 1 is 1.07 bits per heavy atom. The molecule has 158 valence electrons. The summed E-state index contributed by atoms with van der Waals surface area (Å²) in [6.07, 6.45) is 1.25. The van der Waals surface area contributed by atoms with Crippen LogP contribution in [0.4, 0.5) is 0 Å². The van der Waals surface area contributed by atoms with Crippen LogP contribution in [0.25, 0.3) is 0 Å². The minimum absolute atomic E-state index is 0.135. The average Bonchev–Trinajstić information content (AvgIpc) is 3.19. The zero-order chi connectivity index (χ0) is 21.7. The molecular weight excluding hydrogens is 404 g/mol. The van der Waals surface area contributed by atoms with Crippen molar-refractivity contribution in [2.45, 2.75) is 36.6 Å². The van der Waals surface area contributed by atoms with E-state index < -0.39 is 29.1 Å². The predicted molar refractivity (Wildman–Crippen MR) is 114 cm³/mol. The molecule has 0 aromatic heterocycles. The monoisotopic (exact) mass is 428 g/mol. The first kappa shape index (κ1) is 21.7. The van der Waals surface area contributed by atoms with Crippen LogP contribution < -0.4 is 5.32 Å². The van der Waals surface area contributed by atoms with Gasteiger partial charge >= 0.3 is 5.97 Å². The summed E-state index contributed by atoms with van der Waals surface area (Å²) in [7, 11) is 0. The highest BCUT2D eigenvalue weighted by atomic mass is 32.1. The Bertz CT molecular complexity index is 904. The van der Waals surface area contributed by atoms with Crippen LogP contribution in [0.3, 0.4) is 0 Å². The topological polar surface area (TPSA) is 107 Å². The first-order chi connectivity index (χ1) is 14.4. The summed E-state index contributed by atoms with van der Waals surface area (Å²) >= 11 is 4.31. The van der Waals surface area contributed by atoms with Gasteiger partial charge in [0.05, 0.1) is 17.8 Å². The summed E-state index contributed by atoms with van der Waals surface area (Å²) in [4.78, 5) is 38.3. The summed E-state index contributed by atoms with van der Waals surface area (Å²) in [6.45, 7) is -0.293. The number of phenolic OH excluding ortho intramolecular Hbond substituents is 1. The lowest BCUT2D eigenvalue weighted by Gasteiger charge is -2.29. The van der Waals surface area contributed by atoms with Gasteiger partial charge in [-0.15, -0.1) is 0 Å². The van der Waals surface area contributed by atoms with Crippen molar-refractivity contribution in [3.63, 3.8) is 0 Å². The van der Waals surface area contributed by atoms with E-state index in [9.17, 15) is 24.6 Å². The van der Waals surface area contributed by atoms with E-state index in [1.807, 2.05) is 30.3 Å². The second-order valence-electron chi connectivity index (χ2n) is 7.26. The fourth-order valence-electron chi connectivity index (χ4n) is 3.72. The summed E-state index contributed by atoms with van der Waals surface area (Å²) in [5, 5.41) is 20.8. The van der Waals surface area contributed by atoms with Crippen molar-refractivity contribution in [3.8, 4) is 5.75 Å². The lowest BCUT2D eigenvalue weighted by atomic mass is 10.0. The molecule has 7 nitrogen and oxygen atoms in total. The average molecular weight is 429 g/mol. The first-order valence-electron chi connectivity index (χ1n) is 9.69. The van der Waals surface area contributed by atoms with Gasteiger partial charge in [-0.2, -0.15) is 12.6 Å². The van der Waals surface area contributed by atoms with Gasteiger partial charge in [0, 0.05) is 0 Å². The van der Waals surface area contributed by atoms with Crippen LogP contribution in [-0.2, 0) is 20.8 Å². The Balaban J connectivity index is 1.62. The number of nitrogens with zero attached hydrogens (tertiary/aromatic N) is 1. The number of carboxylic acids is 1. The van der Waals surface area contributed by atoms with E-state index in [0.29, 0.717) is 19.3 Å². The number of likely N-dealkylation sites (tertiary alicyclic amines) is 1. The second-order valence-corrected chi connectivity index (χ2v) is 7.89. The van der Waals surface area contributed by atoms with Crippen LogP contribution in [0.1, 0.15) is 30.0 Å². The van der Waals surface area contributed by atoms with Crippen molar-refractivity contribution in [3.05, 3.63) is 65.7 Å². The number of hydrogen-bond acceptors (Lipinski definition) is 5. The van der Waals surface area contributed by atoms with Crippen molar-refractivity contribution in [1.82, 2.24) is 10.2 Å². The lowest BCUT2D eigenvalue weighted by Crippen LogP contribution is -2.47. The number of nitrogens with one attached hydrogen (secondary N) is 1. The summed E-state index contributed by atoms with van der Waals surface area (Å²) in [5.74, 6) is -1.77. The Hall–Kier alpha value is -3.00. The van der Waals surface area contributed by atoms with Crippen molar-refractivity contribution in [1.29, 1.82) is 0 Å². The molecule has 3 N–H and O–H groups in total. The summed E-state index contributed by atoms with van der Waals surface area (Å²) in [6, 6.07) is 14.5. The molecule has 0 saturated carbocycles. The molecule has 3 atom stereocenters. The maximum atomic E-state index is 12.9. The Morgan fingerprint density at radius 2 is 1.73 bits per heavy atom. The standard InChI is InChI=1S/C22H24N2O5S/c25-16-8-6-14(7-9-16)12-19(30)21(27)23-13-20(26)24-17(10-11-18(24)22(28)29)15-4-2-1-3-5-15/h1-9,17-19,25,30H,10-13H2,(H,23,27)(H,28,29)/t17?,18-,19?/m0/s1. The van der Waals surface area contributed by atoms with Crippen LogP contribution in [0, 0.1) is 0 Å². The molecule has 2 amide bonds. The molecule has 1 fully saturated rings. The van der Waals surface area contributed by atoms with Crippen LogP contribution in [0.5, 0.6) is 5.75 Å². The highest BCUT2D eigenvalue weighted by Gasteiger charge is 2.41. The Labute approximate surface area is 180 Å². The van der Waals surface area contributed by atoms with Crippen LogP contribution in [-0.4, -0.2) is 50.7 Å². The Kier molecular flexibility index (Phi) is 6.99. The molecule has 0 bridgehead atoms. The molecule has 2 aromatic carbocycles. The molecular formula is C22H24N2O5S. The number of aliphatic carboxylic acids is 1. The van der Waals surface area contributed by atoms with E-state index in [-0.39, 0.29) is 18.3 Å². The first-order valence-corrected chi connectivity index (χ1v) is 10.2. The number of benzene rings is 2. The van der Waals surface area contributed by atoms with Crippen molar-refractivity contribution in [2.24, 2.45) is 0 Å². The molecule has 8 heteroatoms. The molecule has 30 heavy (non-hydrogen) atoms. The van der Waals surface area contributed by atoms with Crippen molar-refractivity contribution in [2.75, 3.05) is 6.54 Å². The number of aromatic hydroxyl groups is 1. The summed E-state index contributed by atoms with van der Waals surface area (Å²) in [5.41, 5.74) is 1.70. The third-order valence-electron chi connectivity index (χ3n) is 5.22. The van der Waals surface area contributed by atoms with Gasteiger partial charge in [0.1, 0.15) is 11.8 Å². The highest BCUT2D eigenvalue weighted by Crippen LogP contribution is 2.36. The minimum Gasteiger partial charge on any atom is -0.508 e. The number of hydrogen-bond donors (Lipinski definition) is 4. The molecule has 0 radical (unpaired) electrons. The van der Waals surface area contributed by atoms with Gasteiger partial charge < -0.3 is 20.4 Å². The summed E-state index contributed by atoms with van der Waals surface area (Å²) < 4.78 is 0. The van der Waals surface area contributed by atoms with Crippen LogP contribution >= 0.6 is 12.6 Å². The minimum atomic E-state index is -1.05. The van der Waals surface area contributed by atoms with Crippen molar-refractivity contribution < 1.29 is 24.6 Å². The van der Waals surface area contributed by atoms with Gasteiger partial charge in [-0.05, 0) is 42.5 Å². The second kappa shape index (κ2) is 9.67. The SMILES string of the molecule is O=C(NCC(=O)N1C(c2ccccc2)CC[C@H]1C(=O)O)C(S)Cc1ccc(O)cc1. The van der Waals surface area contributed by atoms with Gasteiger partial charge in [0.2, 0.25) is 11.8 Å². The van der Waals surface area contributed by atoms with Gasteiger partial charge in [-0.3, -0.25) is 9.59 Å². The maximum absolute atomic E-state index is 12.9. The highest BCUT2D eigenvalue weighted by molar-refractivity contribution is 7.81. The molecule has 1 saturated heterocycles. The Morgan fingerprint density at radius 3 is 2.37 bits per heavy atom. The molecule has 2 aromatic rings. The van der Waals surface area contributed by atoms with E-state index in [1.165, 1.54) is 17.0 Å². The molecule has 1 aliphatic rings. The van der Waals surface area contributed by atoms with Gasteiger partial charge in [-0.25, -0.2) is 4.79 Å². The normalized spacial score (nSPS) is 19.3. The van der Waals surface area contributed by atoms with Gasteiger partial charge in [0.25, 0.3) is 0 Å². The molecule has 3 rings (SSSR count). The molecule has 0 aliphatic carbocycles. The van der Waals surface area contributed by atoms with Crippen molar-refractivity contribution >= 4 is 30.4 Å². The van der Waals surface area contributed by atoms with E-state index >= 15 is 0 Å². The molecule has 1 aliphatic heterocycles. The fraction of sp³-hybridized carbons (Fsp3) is 0.318. The van der Waals surface area contributed by atoms with Gasteiger partial charge in [0.15, 0.2) is 0 Å². The predicted octanol–water partition coefficient (Wildman–Crippen LogP) is 2.17. The third kappa shape index (κ3) is 5.13. The number of carboxylic acid groups (broad SMARTS) is 1. The third-order valence-corrected chi connectivity index (χ3v) is 5.64. The number of amides is 2. The van der Waals surface area contributed by atoms with Crippen LogP contribution in [0.15, 0.2) is 54.6 Å². The number of carbonyl (C=O) groups is 3. The number of phenols is 1. The maximum Gasteiger partial charge on any atom is 0.326 e. The van der Waals surface area contributed by atoms with Crippen LogP contribution in [0.2, 0.25) is 0 Å². The van der Waals surface area contributed by atoms with E-state index in [0.717, 1.165) is 11.1 Å². The van der Waals surface area contributed by atoms with E-state index in [4.69, 9.17) is 0 Å². The van der Waals surface area contributed by atoms with Gasteiger partial charge in [-0.1, -0.05) is 42.5 Å². The van der Waals surface area contributed by atoms with E-state index in [2.05, 4.69) is 17.9 Å². The molecule has 0 spiro atoms. The number of thiol groups is 1. The number of carbonyl (C=O) groups excluding carboxylic acids is 2. The van der Waals surface area contributed by atoms with E-state index in [1.54, 1.807) is 12.1 Å². The molecule has 2 unspecified atom stereocenters. The zero-order valence-electron chi connectivity index (χ0n) is 16.3. The number of rotatable bonds is 7.